The lowest BCUT2D eigenvalue weighted by molar-refractivity contribution is 0.238. The minimum absolute atomic E-state index is 0.0674. The summed E-state index contributed by atoms with van der Waals surface area (Å²) < 4.78 is 5.69. The second-order valence-electron chi connectivity index (χ2n) is 4.10. The number of aliphatic hydroxyl groups is 1. The Balaban J connectivity index is 3.02. The fraction of sp³-hybridized carbons (Fsp3) is 0.462. The highest BCUT2D eigenvalue weighted by atomic mass is 16.5. The molecule has 2 nitrogen and oxygen atoms in total. The predicted octanol–water partition coefficient (Wildman–Crippen LogP) is 2.72. The van der Waals surface area contributed by atoms with Gasteiger partial charge in [-0.2, -0.15) is 0 Å². The van der Waals surface area contributed by atoms with E-state index in [9.17, 15) is 0 Å². The van der Waals surface area contributed by atoms with Gasteiger partial charge in [0, 0.05) is 11.5 Å². The molecule has 0 atom stereocenters. The van der Waals surface area contributed by atoms with Crippen LogP contribution in [0.5, 0.6) is 5.75 Å². The molecule has 0 aliphatic heterocycles. The number of aryl methyl sites for hydroxylation is 1. The maximum Gasteiger partial charge on any atom is 0.123 e. The summed E-state index contributed by atoms with van der Waals surface area (Å²) in [5.41, 5.74) is 2.18. The van der Waals surface area contributed by atoms with E-state index in [-0.39, 0.29) is 12.7 Å². The van der Waals surface area contributed by atoms with Crippen molar-refractivity contribution < 1.29 is 9.84 Å². The molecule has 2 heteroatoms. The van der Waals surface area contributed by atoms with E-state index in [0.717, 1.165) is 17.2 Å². The Morgan fingerprint density at radius 2 is 2.07 bits per heavy atom. The second kappa shape index (κ2) is 5.17. The molecule has 1 N–H and O–H groups in total. The largest absolute Gasteiger partial charge is 0.491 e. The minimum Gasteiger partial charge on any atom is -0.491 e. The first kappa shape index (κ1) is 12.1. The smallest absolute Gasteiger partial charge is 0.123 e. The molecule has 0 aliphatic rings. The van der Waals surface area contributed by atoms with Gasteiger partial charge in [-0.15, -0.1) is 0 Å². The monoisotopic (exact) mass is 207 g/mol. The van der Waals surface area contributed by atoms with Crippen molar-refractivity contribution in [2.45, 2.75) is 33.8 Å². The summed E-state index contributed by atoms with van der Waals surface area (Å²) in [5.74, 6) is 1.79. The minimum atomic E-state index is 0.0674. The van der Waals surface area contributed by atoms with Crippen molar-refractivity contribution >= 4 is 0 Å². The van der Waals surface area contributed by atoms with Gasteiger partial charge in [-0.25, -0.2) is 0 Å². The summed E-state index contributed by atoms with van der Waals surface area (Å²) in [6.07, 6.45) is 0.151. The van der Waals surface area contributed by atoms with Gasteiger partial charge in [-0.1, -0.05) is 24.6 Å². The fourth-order valence-corrected chi connectivity index (χ4v) is 1.42. The Hall–Kier alpha value is -1.02. The van der Waals surface area contributed by atoms with Gasteiger partial charge in [0.1, 0.15) is 5.75 Å². The van der Waals surface area contributed by atoms with Crippen molar-refractivity contribution in [1.29, 1.82) is 0 Å². The molecule has 0 aromatic heterocycles. The van der Waals surface area contributed by atoms with Crippen molar-refractivity contribution in [1.82, 2.24) is 0 Å². The highest BCUT2D eigenvalue weighted by Crippen LogP contribution is 2.27. The Morgan fingerprint density at radius 1 is 1.40 bits per heavy atom. The lowest BCUT2D eigenvalue weighted by Crippen LogP contribution is -2.10. The molecular weight excluding hydrogens is 188 g/mol. The average molecular weight is 207 g/mol. The highest BCUT2D eigenvalue weighted by molar-refractivity contribution is 5.45. The van der Waals surface area contributed by atoms with Gasteiger partial charge in [-0.3, -0.25) is 0 Å². The summed E-state index contributed by atoms with van der Waals surface area (Å²) in [6, 6.07) is 6.03. The standard InChI is InChI=1S/C13H19O2/c1-9(2)15-13-6-5-10(3)7-12(13)11(4)8-14/h5-7,9,14H,8H2,1-4H3. The van der Waals surface area contributed by atoms with Crippen LogP contribution in [0.2, 0.25) is 0 Å². The molecule has 0 saturated heterocycles. The zero-order chi connectivity index (χ0) is 11.4. The fourth-order valence-electron chi connectivity index (χ4n) is 1.42. The summed E-state index contributed by atoms with van der Waals surface area (Å²) in [5, 5.41) is 9.15. The van der Waals surface area contributed by atoms with Crippen molar-refractivity contribution in [2.24, 2.45) is 0 Å². The first-order valence-electron chi connectivity index (χ1n) is 5.25. The van der Waals surface area contributed by atoms with E-state index >= 15 is 0 Å². The third-order valence-electron chi connectivity index (χ3n) is 2.19. The quantitative estimate of drug-likeness (QED) is 0.822. The van der Waals surface area contributed by atoms with E-state index in [0.29, 0.717) is 0 Å². The van der Waals surface area contributed by atoms with Crippen molar-refractivity contribution in [2.75, 3.05) is 6.61 Å². The second-order valence-corrected chi connectivity index (χ2v) is 4.10. The molecule has 0 amide bonds. The van der Waals surface area contributed by atoms with Crippen LogP contribution in [0.3, 0.4) is 0 Å². The van der Waals surface area contributed by atoms with Crippen LogP contribution >= 0.6 is 0 Å². The molecule has 0 fully saturated rings. The van der Waals surface area contributed by atoms with Crippen LogP contribution in [0, 0.1) is 12.8 Å². The first-order chi connectivity index (χ1) is 7.04. The van der Waals surface area contributed by atoms with Gasteiger partial charge >= 0.3 is 0 Å². The van der Waals surface area contributed by atoms with Gasteiger partial charge < -0.3 is 9.84 Å². The Bertz CT molecular complexity index is 318. The van der Waals surface area contributed by atoms with Crippen molar-refractivity contribution in [3.8, 4) is 5.75 Å². The summed E-state index contributed by atoms with van der Waals surface area (Å²) in [6.45, 7) is 8.02. The van der Waals surface area contributed by atoms with E-state index in [1.165, 1.54) is 5.56 Å². The summed E-state index contributed by atoms with van der Waals surface area (Å²) >= 11 is 0. The van der Waals surface area contributed by atoms with Gasteiger partial charge in [0.15, 0.2) is 0 Å². The maximum absolute atomic E-state index is 9.15. The molecule has 0 spiro atoms. The number of hydrogen-bond donors (Lipinski definition) is 1. The molecule has 0 saturated carbocycles. The topological polar surface area (TPSA) is 29.5 Å². The lowest BCUT2D eigenvalue weighted by Gasteiger charge is -2.17. The number of ether oxygens (including phenoxy) is 1. The SMILES string of the molecule is C[C](CO)c1cc(C)ccc1OC(C)C. The van der Waals surface area contributed by atoms with Crippen LogP contribution in [0.1, 0.15) is 31.9 Å². The number of rotatable bonds is 4. The molecule has 0 bridgehead atoms. The van der Waals surface area contributed by atoms with Crippen molar-refractivity contribution in [3.63, 3.8) is 0 Å². The van der Waals surface area contributed by atoms with Gasteiger partial charge in [0.2, 0.25) is 0 Å². The van der Waals surface area contributed by atoms with Crippen LogP contribution in [-0.4, -0.2) is 17.8 Å². The molecule has 83 valence electrons. The normalized spacial score (nSPS) is 11.1. The van der Waals surface area contributed by atoms with E-state index in [4.69, 9.17) is 9.84 Å². The van der Waals surface area contributed by atoms with E-state index in [2.05, 4.69) is 0 Å². The van der Waals surface area contributed by atoms with Crippen LogP contribution in [0.25, 0.3) is 0 Å². The molecule has 0 aliphatic carbocycles. The van der Waals surface area contributed by atoms with Crippen molar-refractivity contribution in [3.05, 3.63) is 35.2 Å². The Kier molecular flexibility index (Phi) is 4.15. The molecule has 0 unspecified atom stereocenters. The van der Waals surface area contributed by atoms with Gasteiger partial charge in [-0.05, 0) is 26.8 Å². The van der Waals surface area contributed by atoms with E-state index in [1.54, 1.807) is 0 Å². The first-order valence-corrected chi connectivity index (χ1v) is 5.25. The van der Waals surface area contributed by atoms with E-state index in [1.807, 2.05) is 45.9 Å². The summed E-state index contributed by atoms with van der Waals surface area (Å²) in [4.78, 5) is 0. The molecule has 1 rings (SSSR count). The third-order valence-corrected chi connectivity index (χ3v) is 2.19. The lowest BCUT2D eigenvalue weighted by atomic mass is 9.99. The predicted molar refractivity (Wildman–Crippen MR) is 62.0 cm³/mol. The van der Waals surface area contributed by atoms with Crippen LogP contribution in [0.4, 0.5) is 0 Å². The molecular formula is C13H19O2. The van der Waals surface area contributed by atoms with Gasteiger partial charge in [0.25, 0.3) is 0 Å². The average Bonchev–Trinajstić information content (AvgIpc) is 2.19. The molecule has 1 aromatic carbocycles. The number of benzene rings is 1. The zero-order valence-corrected chi connectivity index (χ0v) is 9.87. The van der Waals surface area contributed by atoms with Crippen LogP contribution < -0.4 is 4.74 Å². The third kappa shape index (κ3) is 3.24. The Morgan fingerprint density at radius 3 is 2.60 bits per heavy atom. The molecule has 0 heterocycles. The molecule has 1 radical (unpaired) electrons. The Labute approximate surface area is 91.9 Å². The molecule has 1 aromatic rings. The van der Waals surface area contributed by atoms with Crippen LogP contribution in [-0.2, 0) is 0 Å². The number of hydrogen-bond acceptors (Lipinski definition) is 2. The zero-order valence-electron chi connectivity index (χ0n) is 9.87. The summed E-state index contributed by atoms with van der Waals surface area (Å²) in [7, 11) is 0. The molecule has 15 heavy (non-hydrogen) atoms. The van der Waals surface area contributed by atoms with Crippen LogP contribution in [0.15, 0.2) is 18.2 Å². The van der Waals surface area contributed by atoms with E-state index < -0.39 is 0 Å². The number of aliphatic hydroxyl groups excluding tert-OH is 1. The highest BCUT2D eigenvalue weighted by Gasteiger charge is 2.12. The van der Waals surface area contributed by atoms with Gasteiger partial charge in [0.05, 0.1) is 12.7 Å². The maximum atomic E-state index is 9.15.